The second kappa shape index (κ2) is 10.3. The second-order valence-corrected chi connectivity index (χ2v) is 10.9. The van der Waals surface area contributed by atoms with Crippen molar-refractivity contribution in [1.29, 1.82) is 0 Å². The van der Waals surface area contributed by atoms with E-state index in [9.17, 15) is 9.59 Å². The third-order valence-corrected chi connectivity index (χ3v) is 7.50. The maximum atomic E-state index is 13.1. The lowest BCUT2D eigenvalue weighted by Gasteiger charge is -2.29. The maximum absolute atomic E-state index is 13.1. The maximum Gasteiger partial charge on any atom is 0.157 e. The molecular weight excluding hydrogens is 438 g/mol. The Morgan fingerprint density at radius 3 is 2.38 bits per heavy atom. The van der Waals surface area contributed by atoms with Crippen molar-refractivity contribution >= 4 is 44.5 Å². The molecule has 0 saturated carbocycles. The molecule has 5 nitrogen and oxygen atoms in total. The van der Waals surface area contributed by atoms with Crippen molar-refractivity contribution in [2.45, 2.75) is 52.7 Å². The summed E-state index contributed by atoms with van der Waals surface area (Å²) in [6.45, 7) is 8.43. The van der Waals surface area contributed by atoms with Crippen LogP contribution < -0.4 is 0 Å². The summed E-state index contributed by atoms with van der Waals surface area (Å²) >= 11 is 3.28. The molecule has 2 heterocycles. The van der Waals surface area contributed by atoms with Crippen molar-refractivity contribution in [2.24, 2.45) is 5.92 Å². The molecule has 0 amide bonds. The number of rotatable bonds is 10. The molecule has 0 aliphatic carbocycles. The fraction of sp³-hybridized carbons (Fsp3) is 0.480. The van der Waals surface area contributed by atoms with Crippen LogP contribution in [-0.4, -0.2) is 47.5 Å². The largest absolute Gasteiger partial charge is 0.298 e. The highest BCUT2D eigenvalue weighted by atomic mass is 32.1. The van der Waals surface area contributed by atoms with Gasteiger partial charge in [-0.3, -0.25) is 19.4 Å². The highest BCUT2D eigenvalue weighted by molar-refractivity contribution is 7.18. The van der Waals surface area contributed by atoms with Crippen LogP contribution in [0, 0.1) is 12.8 Å². The van der Waals surface area contributed by atoms with Crippen LogP contribution in [0.25, 0.3) is 10.2 Å². The van der Waals surface area contributed by atoms with Gasteiger partial charge in [-0.05, 0) is 67.6 Å². The summed E-state index contributed by atoms with van der Waals surface area (Å²) in [5, 5.41) is 5.08. The number of ketones is 2. The Kier molecular flexibility index (Phi) is 7.98. The number of likely N-dealkylation sites (N-methyl/N-ethyl adjacent to an activating group) is 2. The molecule has 3 aromatic rings. The zero-order chi connectivity index (χ0) is 23.6. The molecule has 1 aromatic carbocycles. The van der Waals surface area contributed by atoms with Crippen LogP contribution in [0.5, 0.6) is 0 Å². The van der Waals surface area contributed by atoms with Gasteiger partial charge in [0.25, 0.3) is 0 Å². The van der Waals surface area contributed by atoms with Gasteiger partial charge in [-0.15, -0.1) is 11.3 Å². The van der Waals surface area contributed by atoms with E-state index in [0.29, 0.717) is 13.0 Å². The summed E-state index contributed by atoms with van der Waals surface area (Å²) in [6, 6.07) is 5.63. The summed E-state index contributed by atoms with van der Waals surface area (Å²) in [5.41, 5.74) is 4.03. The monoisotopic (exact) mass is 471 g/mol. The van der Waals surface area contributed by atoms with Gasteiger partial charge >= 0.3 is 0 Å². The van der Waals surface area contributed by atoms with Crippen LogP contribution in [0.2, 0.25) is 0 Å². The van der Waals surface area contributed by atoms with Crippen LogP contribution in [0.4, 0.5) is 0 Å². The number of thiazole rings is 1. The van der Waals surface area contributed by atoms with Crippen molar-refractivity contribution in [3.63, 3.8) is 0 Å². The molecule has 32 heavy (non-hydrogen) atoms. The normalized spacial score (nSPS) is 13.9. The first-order valence-electron chi connectivity index (χ1n) is 11.0. The number of Topliss-reactive ketones (excluding diaryl/α,β-unsaturated/α-hetero) is 2. The quantitative estimate of drug-likeness (QED) is 0.383. The van der Waals surface area contributed by atoms with Crippen molar-refractivity contribution < 1.29 is 9.59 Å². The average molecular weight is 472 g/mol. The van der Waals surface area contributed by atoms with Crippen LogP contribution in [0.1, 0.15) is 61.0 Å². The van der Waals surface area contributed by atoms with E-state index < -0.39 is 0 Å². The van der Waals surface area contributed by atoms with Gasteiger partial charge in [-0.2, -0.15) is 11.3 Å². The number of hydrogen-bond donors (Lipinski definition) is 0. The fourth-order valence-corrected chi connectivity index (χ4v) is 5.80. The van der Waals surface area contributed by atoms with Crippen molar-refractivity contribution in [3.8, 4) is 0 Å². The van der Waals surface area contributed by atoms with E-state index in [0.717, 1.165) is 31.9 Å². The number of carbonyl (C=O) groups excluding carboxylic acids is 2. The average Bonchev–Trinajstić information content (AvgIpc) is 3.37. The number of nitrogens with zero attached hydrogens (tertiary/aromatic N) is 3. The van der Waals surface area contributed by atoms with E-state index in [1.165, 1.54) is 0 Å². The number of fused-ring (bicyclic) bond motifs is 1. The van der Waals surface area contributed by atoms with Crippen LogP contribution in [-0.2, 0) is 16.1 Å². The van der Waals surface area contributed by atoms with E-state index in [1.54, 1.807) is 22.7 Å². The van der Waals surface area contributed by atoms with E-state index in [2.05, 4.69) is 22.4 Å². The van der Waals surface area contributed by atoms with Gasteiger partial charge in [0.05, 0.1) is 27.3 Å². The molecule has 0 radical (unpaired) electrons. The van der Waals surface area contributed by atoms with Crippen LogP contribution >= 0.6 is 22.7 Å². The first-order chi connectivity index (χ1) is 15.1. The number of hydrogen-bond acceptors (Lipinski definition) is 7. The van der Waals surface area contributed by atoms with Gasteiger partial charge < -0.3 is 0 Å². The number of benzene rings is 1. The smallest absolute Gasteiger partial charge is 0.157 e. The Labute approximate surface area is 199 Å². The summed E-state index contributed by atoms with van der Waals surface area (Å²) < 4.78 is 1.13. The predicted molar refractivity (Wildman–Crippen MR) is 134 cm³/mol. The minimum atomic E-state index is -0.305. The Morgan fingerprint density at radius 2 is 1.81 bits per heavy atom. The van der Waals surface area contributed by atoms with Gasteiger partial charge in [0.15, 0.2) is 11.6 Å². The van der Waals surface area contributed by atoms with Gasteiger partial charge in [0.1, 0.15) is 0 Å². The second-order valence-electron chi connectivity index (χ2n) is 8.88. The van der Waals surface area contributed by atoms with Crippen molar-refractivity contribution in [3.05, 3.63) is 50.7 Å². The molecule has 7 heteroatoms. The molecule has 3 rings (SSSR count). The standard InChI is InChI=1S/C25H33N3O2S2/c1-8-21(29)22(27(5)6)18-11-19(25-20(12-18)26-16(4)32-25)13-28(7)23(24(30)15(2)3)17-9-10-31-14-17/h9-12,14-15,22-23H,8,13H2,1-7H3. The summed E-state index contributed by atoms with van der Waals surface area (Å²) in [4.78, 5) is 34.7. The molecule has 0 aliphatic heterocycles. The lowest BCUT2D eigenvalue weighted by Crippen LogP contribution is -2.33. The molecule has 172 valence electrons. The van der Waals surface area contributed by atoms with Gasteiger partial charge in [0.2, 0.25) is 0 Å². The molecule has 0 N–H and O–H groups in total. The predicted octanol–water partition coefficient (Wildman–Crippen LogP) is 5.65. The fourth-order valence-electron chi connectivity index (χ4n) is 4.22. The number of thiophene rings is 1. The minimum Gasteiger partial charge on any atom is -0.298 e. The molecule has 0 bridgehead atoms. The van der Waals surface area contributed by atoms with E-state index in [-0.39, 0.29) is 29.6 Å². The van der Waals surface area contributed by atoms with E-state index >= 15 is 0 Å². The number of aryl methyl sites for hydroxylation is 1. The van der Waals surface area contributed by atoms with Crippen LogP contribution in [0.3, 0.4) is 0 Å². The Morgan fingerprint density at radius 1 is 1.09 bits per heavy atom. The molecule has 0 saturated heterocycles. The van der Waals surface area contributed by atoms with Gasteiger partial charge in [0, 0.05) is 18.9 Å². The first-order valence-corrected chi connectivity index (χ1v) is 12.7. The minimum absolute atomic E-state index is 0.0559. The Bertz CT molecular complexity index is 1090. The summed E-state index contributed by atoms with van der Waals surface area (Å²) in [7, 11) is 5.89. The molecule has 2 unspecified atom stereocenters. The topological polar surface area (TPSA) is 53.5 Å². The molecule has 0 fully saturated rings. The highest BCUT2D eigenvalue weighted by Crippen LogP contribution is 2.34. The van der Waals surface area contributed by atoms with Crippen LogP contribution in [0.15, 0.2) is 29.0 Å². The first kappa shape index (κ1) is 24.7. The summed E-state index contributed by atoms with van der Waals surface area (Å²) in [6.07, 6.45) is 0.481. The number of aromatic nitrogens is 1. The Balaban J connectivity index is 2.07. The van der Waals surface area contributed by atoms with Gasteiger partial charge in [-0.1, -0.05) is 26.8 Å². The van der Waals surface area contributed by atoms with Crippen molar-refractivity contribution in [2.75, 3.05) is 21.1 Å². The molecule has 0 aliphatic rings. The third-order valence-electron chi connectivity index (χ3n) is 5.74. The lowest BCUT2D eigenvalue weighted by atomic mass is 9.94. The van der Waals surface area contributed by atoms with E-state index in [4.69, 9.17) is 4.98 Å². The zero-order valence-corrected chi connectivity index (χ0v) is 21.6. The molecule has 2 aromatic heterocycles. The number of carbonyl (C=O) groups is 2. The molecule has 0 spiro atoms. The zero-order valence-electron chi connectivity index (χ0n) is 20.0. The SMILES string of the molecule is CCC(=O)C(c1cc(CN(C)C(C(=O)C(C)C)c2ccsc2)c2sc(C)nc2c1)N(C)C. The molecular formula is C25H33N3O2S2. The molecule has 2 atom stereocenters. The Hall–Kier alpha value is -1.93. The van der Waals surface area contributed by atoms with Gasteiger partial charge in [-0.25, -0.2) is 4.98 Å². The third kappa shape index (κ3) is 5.17. The highest BCUT2D eigenvalue weighted by Gasteiger charge is 2.29. The lowest BCUT2D eigenvalue weighted by molar-refractivity contribution is -0.127. The van der Waals surface area contributed by atoms with Crippen molar-refractivity contribution in [1.82, 2.24) is 14.8 Å². The summed E-state index contributed by atoms with van der Waals surface area (Å²) in [5.74, 6) is 0.345. The van der Waals surface area contributed by atoms with E-state index in [1.807, 2.05) is 65.2 Å².